The van der Waals surface area contributed by atoms with E-state index in [1.54, 1.807) is 30.3 Å². The Kier molecular flexibility index (Phi) is 10.1. The number of nitrogens with one attached hydrogen (secondary N) is 1. The van der Waals surface area contributed by atoms with Crippen molar-refractivity contribution in [1.82, 2.24) is 9.62 Å². The van der Waals surface area contributed by atoms with E-state index in [1.807, 2.05) is 44.2 Å². The van der Waals surface area contributed by atoms with E-state index in [9.17, 15) is 23.4 Å². The van der Waals surface area contributed by atoms with Crippen molar-refractivity contribution in [2.75, 3.05) is 26.3 Å². The maximum Gasteiger partial charge on any atom is 0.404 e. The number of nitrogens with zero attached hydrogens (tertiary/aromatic N) is 1. The molecule has 4 rings (SSSR count). The number of hydrogen-bond donors (Lipinski definition) is 3. The minimum atomic E-state index is -4.05. The maximum absolute atomic E-state index is 13.7. The summed E-state index contributed by atoms with van der Waals surface area (Å²) in [7, 11) is -4.05. The molecule has 0 radical (unpaired) electrons. The van der Waals surface area contributed by atoms with Gasteiger partial charge in [-0.05, 0) is 47.7 Å². The van der Waals surface area contributed by atoms with E-state index in [2.05, 4.69) is 5.32 Å². The fraction of sp³-hybridized carbons (Fsp3) is 0.367. The summed E-state index contributed by atoms with van der Waals surface area (Å²) in [5, 5.41) is 23.0. The zero-order valence-corrected chi connectivity index (χ0v) is 23.9. The van der Waals surface area contributed by atoms with Crippen LogP contribution in [0.2, 0.25) is 0 Å². The number of aliphatic hydroxyl groups excluding tert-OH is 1. The third-order valence-electron chi connectivity index (χ3n) is 6.51. The number of carboxylic acid groups (broad SMARTS) is 1. The van der Waals surface area contributed by atoms with Gasteiger partial charge in [-0.3, -0.25) is 0 Å². The zero-order chi connectivity index (χ0) is 29.4. The van der Waals surface area contributed by atoms with Crippen LogP contribution >= 0.6 is 0 Å². The van der Waals surface area contributed by atoms with Gasteiger partial charge in [-0.15, -0.1) is 0 Å². The molecule has 1 heterocycles. The summed E-state index contributed by atoms with van der Waals surface area (Å²) in [5.74, 6) is 1.40. The molecule has 0 saturated carbocycles. The van der Waals surface area contributed by atoms with Gasteiger partial charge < -0.3 is 29.7 Å². The fourth-order valence-electron chi connectivity index (χ4n) is 4.51. The molecular formula is C30H36N2O8S. The summed E-state index contributed by atoms with van der Waals surface area (Å²) in [5.41, 5.74) is 1.78. The standard InChI is InChI=1S/C30H36N2O8S/c1-21(2)18-32(41(36,37)25-12-13-28-29(17-25)39-15-14-38-28)19-27(33)26(31-30(34)35)16-22-8-10-24(11-9-22)40-20-23-6-4-3-5-7-23/h3-13,17,21,26-27,31,33H,14-16,18-20H2,1-2H3,(H,34,35)/t26-,27+/m0/s1. The van der Waals surface area contributed by atoms with Crippen molar-refractivity contribution in [1.29, 1.82) is 0 Å². The highest BCUT2D eigenvalue weighted by molar-refractivity contribution is 7.89. The van der Waals surface area contributed by atoms with Crippen LogP contribution in [-0.2, 0) is 23.1 Å². The molecule has 1 amide bonds. The quantitative estimate of drug-likeness (QED) is 0.275. The zero-order valence-electron chi connectivity index (χ0n) is 23.1. The van der Waals surface area contributed by atoms with Crippen LogP contribution in [0.3, 0.4) is 0 Å². The Bertz CT molecular complexity index is 1400. The molecule has 3 N–H and O–H groups in total. The van der Waals surface area contributed by atoms with Crippen LogP contribution in [0.25, 0.3) is 0 Å². The molecule has 41 heavy (non-hydrogen) atoms. The van der Waals surface area contributed by atoms with Gasteiger partial charge in [0.1, 0.15) is 25.6 Å². The first-order valence-corrected chi connectivity index (χ1v) is 14.9. The Morgan fingerprint density at radius 1 is 0.951 bits per heavy atom. The van der Waals surface area contributed by atoms with E-state index in [-0.39, 0.29) is 30.3 Å². The second-order valence-electron chi connectivity index (χ2n) is 10.3. The number of amides is 1. The number of rotatable bonds is 13. The van der Waals surface area contributed by atoms with Crippen molar-refractivity contribution in [2.24, 2.45) is 5.92 Å². The van der Waals surface area contributed by atoms with Gasteiger partial charge in [0, 0.05) is 19.2 Å². The van der Waals surface area contributed by atoms with Crippen LogP contribution < -0.4 is 19.5 Å². The highest BCUT2D eigenvalue weighted by Gasteiger charge is 2.32. The van der Waals surface area contributed by atoms with Gasteiger partial charge in [0.15, 0.2) is 11.5 Å². The molecule has 0 saturated heterocycles. The Hall–Kier alpha value is -3.80. The SMILES string of the molecule is CC(C)CN(C[C@@H](O)[C@H](Cc1ccc(OCc2ccccc2)cc1)NC(=O)O)S(=O)(=O)c1ccc2c(c1)OCCO2. The number of hydrogen-bond acceptors (Lipinski definition) is 7. The number of aliphatic hydroxyl groups is 1. The van der Waals surface area contributed by atoms with Gasteiger partial charge in [-0.2, -0.15) is 4.31 Å². The van der Waals surface area contributed by atoms with Crippen LogP contribution in [-0.4, -0.2) is 67.5 Å². The lowest BCUT2D eigenvalue weighted by molar-refractivity contribution is 0.0980. The second kappa shape index (κ2) is 13.7. The molecule has 0 spiro atoms. The van der Waals surface area contributed by atoms with Crippen LogP contribution in [0.4, 0.5) is 4.79 Å². The fourth-order valence-corrected chi connectivity index (χ4v) is 6.14. The number of carbonyl (C=O) groups is 1. The van der Waals surface area contributed by atoms with Crippen LogP contribution in [0, 0.1) is 5.92 Å². The second-order valence-corrected chi connectivity index (χ2v) is 12.2. The van der Waals surface area contributed by atoms with Crippen molar-refractivity contribution in [3.05, 3.63) is 83.9 Å². The molecule has 0 fully saturated rings. The maximum atomic E-state index is 13.7. The Morgan fingerprint density at radius 3 is 2.29 bits per heavy atom. The first-order valence-electron chi connectivity index (χ1n) is 13.4. The summed E-state index contributed by atoms with van der Waals surface area (Å²) in [4.78, 5) is 11.6. The average molecular weight is 585 g/mol. The number of sulfonamides is 1. The van der Waals surface area contributed by atoms with Gasteiger partial charge in [0.2, 0.25) is 10.0 Å². The van der Waals surface area contributed by atoms with Gasteiger partial charge in [-0.25, -0.2) is 13.2 Å². The minimum absolute atomic E-state index is 0.00318. The Morgan fingerprint density at radius 2 is 1.63 bits per heavy atom. The predicted octanol–water partition coefficient (Wildman–Crippen LogP) is 3.92. The van der Waals surface area contributed by atoms with Gasteiger partial charge >= 0.3 is 6.09 Å². The highest BCUT2D eigenvalue weighted by atomic mass is 32.2. The molecular weight excluding hydrogens is 548 g/mol. The minimum Gasteiger partial charge on any atom is -0.489 e. The van der Waals surface area contributed by atoms with E-state index in [1.165, 1.54) is 16.4 Å². The smallest absolute Gasteiger partial charge is 0.404 e. The average Bonchev–Trinajstić information content (AvgIpc) is 2.96. The van der Waals surface area contributed by atoms with Crippen LogP contribution in [0.1, 0.15) is 25.0 Å². The Balaban J connectivity index is 1.47. The molecule has 10 nitrogen and oxygen atoms in total. The van der Waals surface area contributed by atoms with E-state index in [4.69, 9.17) is 14.2 Å². The van der Waals surface area contributed by atoms with Crippen molar-refractivity contribution in [2.45, 2.75) is 43.9 Å². The molecule has 1 aliphatic rings. The van der Waals surface area contributed by atoms with Crippen molar-refractivity contribution in [3.8, 4) is 17.2 Å². The molecule has 0 aromatic heterocycles. The number of benzene rings is 3. The van der Waals surface area contributed by atoms with Crippen LogP contribution in [0.15, 0.2) is 77.7 Å². The topological polar surface area (TPSA) is 135 Å². The summed E-state index contributed by atoms with van der Waals surface area (Å²) in [6.07, 6.45) is -2.50. The molecule has 3 aromatic rings. The lowest BCUT2D eigenvalue weighted by Crippen LogP contribution is -2.50. The largest absolute Gasteiger partial charge is 0.489 e. The monoisotopic (exact) mass is 584 g/mol. The molecule has 2 atom stereocenters. The third-order valence-corrected chi connectivity index (χ3v) is 8.34. The number of ether oxygens (including phenoxy) is 3. The van der Waals surface area contributed by atoms with E-state index >= 15 is 0 Å². The Labute approximate surface area is 240 Å². The van der Waals surface area contributed by atoms with E-state index in [0.29, 0.717) is 37.1 Å². The third kappa shape index (κ3) is 8.35. The molecule has 1 aliphatic heterocycles. The van der Waals surface area contributed by atoms with Crippen molar-refractivity contribution in [3.63, 3.8) is 0 Å². The first kappa shape index (κ1) is 30.2. The van der Waals surface area contributed by atoms with Gasteiger partial charge in [-0.1, -0.05) is 56.3 Å². The summed E-state index contributed by atoms with van der Waals surface area (Å²) >= 11 is 0. The lowest BCUT2D eigenvalue weighted by Gasteiger charge is -2.30. The normalized spacial score (nSPS) is 14.5. The van der Waals surface area contributed by atoms with E-state index < -0.39 is 28.3 Å². The molecule has 0 aliphatic carbocycles. The molecule has 3 aromatic carbocycles. The van der Waals surface area contributed by atoms with Gasteiger partial charge in [0.05, 0.1) is 17.0 Å². The molecule has 11 heteroatoms. The van der Waals surface area contributed by atoms with Gasteiger partial charge in [0.25, 0.3) is 0 Å². The number of fused-ring (bicyclic) bond motifs is 1. The highest BCUT2D eigenvalue weighted by Crippen LogP contribution is 2.33. The molecule has 0 unspecified atom stereocenters. The van der Waals surface area contributed by atoms with Crippen molar-refractivity contribution >= 4 is 16.1 Å². The summed E-state index contributed by atoms with van der Waals surface area (Å²) in [6.45, 7) is 4.66. The predicted molar refractivity (Wildman–Crippen MR) is 153 cm³/mol. The molecule has 220 valence electrons. The summed E-state index contributed by atoms with van der Waals surface area (Å²) < 4.78 is 45.4. The lowest BCUT2D eigenvalue weighted by atomic mass is 10.0. The summed E-state index contributed by atoms with van der Waals surface area (Å²) in [6, 6.07) is 20.3. The molecule has 0 bridgehead atoms. The van der Waals surface area contributed by atoms with Crippen molar-refractivity contribution < 1.29 is 37.6 Å². The first-order chi connectivity index (χ1) is 19.6. The van der Waals surface area contributed by atoms with Crippen LogP contribution in [0.5, 0.6) is 17.2 Å². The van der Waals surface area contributed by atoms with E-state index in [0.717, 1.165) is 11.1 Å².